The molecular formula is C20H18N4O2. The van der Waals surface area contributed by atoms with E-state index in [1.807, 2.05) is 6.07 Å². The standard InChI is InChI=1S/C20H18N4O2/c21-17-5-1-2-6-18(17)24-20(26)15-7-9-16(10-8-15)23-19(25)12-14-4-3-11-22-13-14/h1-11,13H,12,21H2,(H,23,25)(H,24,26). The molecule has 2 amide bonds. The van der Waals surface area contributed by atoms with Gasteiger partial charge in [-0.25, -0.2) is 0 Å². The Kier molecular flexibility index (Phi) is 5.24. The summed E-state index contributed by atoms with van der Waals surface area (Å²) in [6, 6.07) is 17.3. The Labute approximate surface area is 151 Å². The predicted octanol–water partition coefficient (Wildman–Crippen LogP) is 3.10. The van der Waals surface area contributed by atoms with E-state index in [9.17, 15) is 9.59 Å². The van der Waals surface area contributed by atoms with Gasteiger partial charge in [0.1, 0.15) is 0 Å². The molecule has 1 heterocycles. The third-order valence-corrected chi connectivity index (χ3v) is 3.73. The smallest absolute Gasteiger partial charge is 0.255 e. The average Bonchev–Trinajstić information content (AvgIpc) is 2.65. The molecule has 6 heteroatoms. The Morgan fingerprint density at radius 3 is 2.38 bits per heavy atom. The summed E-state index contributed by atoms with van der Waals surface area (Å²) in [4.78, 5) is 28.3. The molecule has 130 valence electrons. The van der Waals surface area contributed by atoms with Crippen LogP contribution in [0.15, 0.2) is 73.1 Å². The van der Waals surface area contributed by atoms with E-state index in [-0.39, 0.29) is 18.2 Å². The van der Waals surface area contributed by atoms with Gasteiger partial charge in [-0.3, -0.25) is 14.6 Å². The number of carbonyl (C=O) groups is 2. The van der Waals surface area contributed by atoms with Gasteiger partial charge < -0.3 is 16.4 Å². The van der Waals surface area contributed by atoms with Gasteiger partial charge in [0.05, 0.1) is 17.8 Å². The van der Waals surface area contributed by atoms with E-state index in [1.165, 1.54) is 0 Å². The molecule has 0 radical (unpaired) electrons. The average molecular weight is 346 g/mol. The van der Waals surface area contributed by atoms with Crippen molar-refractivity contribution in [3.8, 4) is 0 Å². The number of hydrogen-bond donors (Lipinski definition) is 3. The first-order valence-corrected chi connectivity index (χ1v) is 8.06. The lowest BCUT2D eigenvalue weighted by Crippen LogP contribution is -2.15. The second kappa shape index (κ2) is 7.94. The fourth-order valence-electron chi connectivity index (χ4n) is 2.40. The van der Waals surface area contributed by atoms with Crippen LogP contribution in [0.2, 0.25) is 0 Å². The van der Waals surface area contributed by atoms with E-state index >= 15 is 0 Å². The number of pyridine rings is 1. The number of aromatic nitrogens is 1. The maximum absolute atomic E-state index is 12.3. The third kappa shape index (κ3) is 4.45. The van der Waals surface area contributed by atoms with Gasteiger partial charge in [0.15, 0.2) is 0 Å². The molecule has 3 aromatic rings. The number of nitrogen functional groups attached to an aromatic ring is 1. The largest absolute Gasteiger partial charge is 0.397 e. The SMILES string of the molecule is Nc1ccccc1NC(=O)c1ccc(NC(=O)Cc2cccnc2)cc1. The number of nitrogens with two attached hydrogens (primary N) is 1. The quantitative estimate of drug-likeness (QED) is 0.618. The third-order valence-electron chi connectivity index (χ3n) is 3.73. The van der Waals surface area contributed by atoms with Crippen molar-refractivity contribution < 1.29 is 9.59 Å². The van der Waals surface area contributed by atoms with Crippen LogP contribution in [0, 0.1) is 0 Å². The van der Waals surface area contributed by atoms with Gasteiger partial charge in [-0.05, 0) is 48.0 Å². The van der Waals surface area contributed by atoms with Gasteiger partial charge in [0.25, 0.3) is 5.91 Å². The molecule has 0 unspecified atom stereocenters. The van der Waals surface area contributed by atoms with E-state index in [4.69, 9.17) is 5.73 Å². The molecule has 0 aliphatic rings. The summed E-state index contributed by atoms with van der Waals surface area (Å²) in [5, 5.41) is 5.56. The summed E-state index contributed by atoms with van der Waals surface area (Å²) < 4.78 is 0. The zero-order chi connectivity index (χ0) is 18.4. The molecule has 3 rings (SSSR count). The number of rotatable bonds is 5. The highest BCUT2D eigenvalue weighted by Crippen LogP contribution is 2.18. The molecule has 0 aliphatic heterocycles. The Balaban J connectivity index is 1.60. The Hall–Kier alpha value is -3.67. The summed E-state index contributed by atoms with van der Waals surface area (Å²) in [7, 11) is 0. The molecule has 0 saturated heterocycles. The van der Waals surface area contributed by atoms with Crippen molar-refractivity contribution >= 4 is 28.9 Å². The summed E-state index contributed by atoms with van der Waals surface area (Å²) in [5.41, 5.74) is 8.81. The number of amides is 2. The Bertz CT molecular complexity index is 909. The van der Waals surface area contributed by atoms with Crippen molar-refractivity contribution in [2.24, 2.45) is 0 Å². The zero-order valence-electron chi connectivity index (χ0n) is 14.0. The maximum atomic E-state index is 12.3. The number of nitrogens with one attached hydrogen (secondary N) is 2. The van der Waals surface area contributed by atoms with Gasteiger partial charge in [-0.2, -0.15) is 0 Å². The second-order valence-electron chi connectivity index (χ2n) is 5.70. The molecule has 0 spiro atoms. The highest BCUT2D eigenvalue weighted by atomic mass is 16.2. The highest BCUT2D eigenvalue weighted by Gasteiger charge is 2.09. The molecular weight excluding hydrogens is 328 g/mol. The zero-order valence-corrected chi connectivity index (χ0v) is 14.0. The lowest BCUT2D eigenvalue weighted by atomic mass is 10.1. The minimum Gasteiger partial charge on any atom is -0.397 e. The van der Waals surface area contributed by atoms with Crippen LogP contribution in [0.1, 0.15) is 15.9 Å². The minimum absolute atomic E-state index is 0.146. The molecule has 0 aliphatic carbocycles. The predicted molar refractivity (Wildman–Crippen MR) is 102 cm³/mol. The lowest BCUT2D eigenvalue weighted by molar-refractivity contribution is -0.115. The molecule has 1 aromatic heterocycles. The molecule has 4 N–H and O–H groups in total. The number of benzene rings is 2. The number of hydrogen-bond acceptors (Lipinski definition) is 4. The summed E-state index contributed by atoms with van der Waals surface area (Å²) in [6.07, 6.45) is 3.56. The van der Waals surface area contributed by atoms with E-state index in [1.54, 1.807) is 67.0 Å². The van der Waals surface area contributed by atoms with Crippen molar-refractivity contribution in [3.63, 3.8) is 0 Å². The number of nitrogens with zero attached hydrogens (tertiary/aromatic N) is 1. The second-order valence-corrected chi connectivity index (χ2v) is 5.70. The van der Waals surface area contributed by atoms with E-state index in [0.29, 0.717) is 22.6 Å². The van der Waals surface area contributed by atoms with E-state index in [0.717, 1.165) is 5.56 Å². The van der Waals surface area contributed by atoms with Crippen molar-refractivity contribution in [1.82, 2.24) is 4.98 Å². The summed E-state index contributed by atoms with van der Waals surface area (Å²) in [6.45, 7) is 0. The topological polar surface area (TPSA) is 97.1 Å². The van der Waals surface area contributed by atoms with E-state index < -0.39 is 0 Å². The van der Waals surface area contributed by atoms with Crippen molar-refractivity contribution in [3.05, 3.63) is 84.2 Å². The maximum Gasteiger partial charge on any atom is 0.255 e. The molecule has 0 bridgehead atoms. The van der Waals surface area contributed by atoms with Crippen molar-refractivity contribution in [2.45, 2.75) is 6.42 Å². The molecule has 0 fully saturated rings. The molecule has 6 nitrogen and oxygen atoms in total. The van der Waals surface area contributed by atoms with Gasteiger partial charge in [-0.15, -0.1) is 0 Å². The fourth-order valence-corrected chi connectivity index (χ4v) is 2.40. The van der Waals surface area contributed by atoms with Crippen LogP contribution in [-0.4, -0.2) is 16.8 Å². The van der Waals surface area contributed by atoms with Gasteiger partial charge >= 0.3 is 0 Å². The minimum atomic E-state index is -0.267. The van der Waals surface area contributed by atoms with Crippen LogP contribution < -0.4 is 16.4 Å². The van der Waals surface area contributed by atoms with Crippen molar-refractivity contribution in [2.75, 3.05) is 16.4 Å². The van der Waals surface area contributed by atoms with E-state index in [2.05, 4.69) is 15.6 Å². The highest BCUT2D eigenvalue weighted by molar-refractivity contribution is 6.06. The monoisotopic (exact) mass is 346 g/mol. The van der Waals surface area contributed by atoms with Crippen LogP contribution in [0.3, 0.4) is 0 Å². The molecule has 0 saturated carbocycles. The van der Waals surface area contributed by atoms with Crippen LogP contribution in [-0.2, 0) is 11.2 Å². The van der Waals surface area contributed by atoms with Gasteiger partial charge in [0, 0.05) is 23.6 Å². The number of carbonyl (C=O) groups excluding carboxylic acids is 2. The number of para-hydroxylation sites is 2. The number of anilines is 3. The van der Waals surface area contributed by atoms with Crippen LogP contribution in [0.4, 0.5) is 17.1 Å². The lowest BCUT2D eigenvalue weighted by Gasteiger charge is -2.09. The summed E-state index contributed by atoms with van der Waals surface area (Å²) in [5.74, 6) is -0.414. The first kappa shape index (κ1) is 17.2. The Morgan fingerprint density at radius 1 is 0.923 bits per heavy atom. The molecule has 2 aromatic carbocycles. The van der Waals surface area contributed by atoms with Crippen LogP contribution >= 0.6 is 0 Å². The van der Waals surface area contributed by atoms with Crippen molar-refractivity contribution in [1.29, 1.82) is 0 Å². The normalized spacial score (nSPS) is 10.2. The van der Waals surface area contributed by atoms with Gasteiger partial charge in [-0.1, -0.05) is 18.2 Å². The Morgan fingerprint density at radius 2 is 1.69 bits per heavy atom. The van der Waals surface area contributed by atoms with Gasteiger partial charge in [0.2, 0.25) is 5.91 Å². The van der Waals surface area contributed by atoms with Crippen LogP contribution in [0.25, 0.3) is 0 Å². The van der Waals surface area contributed by atoms with Crippen LogP contribution in [0.5, 0.6) is 0 Å². The summed E-state index contributed by atoms with van der Waals surface area (Å²) >= 11 is 0. The first-order chi connectivity index (χ1) is 12.6. The molecule has 0 atom stereocenters. The fraction of sp³-hybridized carbons (Fsp3) is 0.0500. The molecule has 26 heavy (non-hydrogen) atoms. The first-order valence-electron chi connectivity index (χ1n) is 8.06.